The number of hydrogen-bond donors (Lipinski definition) is 1. The van der Waals surface area contributed by atoms with E-state index in [1.54, 1.807) is 30.6 Å². The van der Waals surface area contributed by atoms with Gasteiger partial charge in [0.05, 0.1) is 29.9 Å². The van der Waals surface area contributed by atoms with Gasteiger partial charge in [-0.25, -0.2) is 0 Å². The molecule has 1 aromatic carbocycles. The first-order valence-electron chi connectivity index (χ1n) is 5.75. The number of halogens is 1. The number of nitrogens with zero attached hydrogens (tertiary/aromatic N) is 3. The Balaban J connectivity index is 1.76. The molecule has 0 aliphatic heterocycles. The van der Waals surface area contributed by atoms with Crippen molar-refractivity contribution in [2.75, 3.05) is 5.32 Å². The van der Waals surface area contributed by atoms with Crippen LogP contribution < -0.4 is 5.32 Å². The zero-order chi connectivity index (χ0) is 13.9. The van der Waals surface area contributed by atoms with E-state index in [9.17, 15) is 4.79 Å². The lowest BCUT2D eigenvalue weighted by atomic mass is 10.2. The molecule has 0 radical (unpaired) electrons. The summed E-state index contributed by atoms with van der Waals surface area (Å²) in [5.41, 5.74) is 1.94. The van der Waals surface area contributed by atoms with Crippen LogP contribution in [0.5, 0.6) is 0 Å². The molecule has 1 N–H and O–H groups in total. The van der Waals surface area contributed by atoms with Gasteiger partial charge in [-0.2, -0.15) is 15.0 Å². The van der Waals surface area contributed by atoms with Gasteiger partial charge >= 0.3 is 0 Å². The minimum Gasteiger partial charge on any atom is -0.457 e. The van der Waals surface area contributed by atoms with Crippen molar-refractivity contribution >= 4 is 27.5 Å². The van der Waals surface area contributed by atoms with Gasteiger partial charge in [0, 0.05) is 5.69 Å². The Morgan fingerprint density at radius 1 is 1.15 bits per heavy atom. The van der Waals surface area contributed by atoms with Crippen LogP contribution >= 0.6 is 15.9 Å². The highest BCUT2D eigenvalue weighted by Gasteiger charge is 2.12. The van der Waals surface area contributed by atoms with Crippen molar-refractivity contribution in [2.24, 2.45) is 0 Å². The van der Waals surface area contributed by atoms with E-state index in [4.69, 9.17) is 4.42 Å². The van der Waals surface area contributed by atoms with Crippen molar-refractivity contribution in [3.8, 4) is 5.69 Å². The predicted octanol–water partition coefficient (Wildman–Crippen LogP) is 2.88. The minimum absolute atomic E-state index is 0.240. The largest absolute Gasteiger partial charge is 0.457 e. The molecule has 20 heavy (non-hydrogen) atoms. The summed E-state index contributed by atoms with van der Waals surface area (Å²) in [5, 5.41) is 10.8. The van der Waals surface area contributed by atoms with E-state index in [-0.39, 0.29) is 5.91 Å². The maximum Gasteiger partial charge on any atom is 0.260 e. The first kappa shape index (κ1) is 12.6. The SMILES string of the molecule is O=C(Nc1ccc(-n2nccn2)cc1)c1ccoc1Br. The lowest BCUT2D eigenvalue weighted by Gasteiger charge is -2.05. The summed E-state index contributed by atoms with van der Waals surface area (Å²) in [6.07, 6.45) is 4.66. The van der Waals surface area contributed by atoms with Crippen LogP contribution in [-0.2, 0) is 0 Å². The summed E-state index contributed by atoms with van der Waals surface area (Å²) in [5.74, 6) is -0.240. The average Bonchev–Trinajstić information content (AvgIpc) is 3.10. The van der Waals surface area contributed by atoms with Crippen LogP contribution in [0.3, 0.4) is 0 Å². The lowest BCUT2D eigenvalue weighted by molar-refractivity contribution is 0.102. The van der Waals surface area contributed by atoms with E-state index in [1.165, 1.54) is 11.1 Å². The minimum atomic E-state index is -0.240. The van der Waals surface area contributed by atoms with Crippen molar-refractivity contribution in [3.63, 3.8) is 0 Å². The fraction of sp³-hybridized carbons (Fsp3) is 0. The van der Waals surface area contributed by atoms with Gasteiger partial charge in [-0.05, 0) is 46.3 Å². The molecule has 0 unspecified atom stereocenters. The summed E-state index contributed by atoms with van der Waals surface area (Å²) in [6.45, 7) is 0. The summed E-state index contributed by atoms with van der Waals surface area (Å²) in [7, 11) is 0. The van der Waals surface area contributed by atoms with E-state index in [0.717, 1.165) is 5.69 Å². The number of aromatic nitrogens is 3. The number of nitrogens with one attached hydrogen (secondary N) is 1. The van der Waals surface area contributed by atoms with Crippen molar-refractivity contribution in [3.05, 3.63) is 59.2 Å². The average molecular weight is 333 g/mol. The van der Waals surface area contributed by atoms with Crippen LogP contribution in [0.4, 0.5) is 5.69 Å². The first-order valence-corrected chi connectivity index (χ1v) is 6.54. The third-order valence-electron chi connectivity index (χ3n) is 2.64. The number of furan rings is 1. The van der Waals surface area contributed by atoms with Crippen molar-refractivity contribution < 1.29 is 9.21 Å². The smallest absolute Gasteiger partial charge is 0.260 e. The number of amides is 1. The molecule has 2 heterocycles. The van der Waals surface area contributed by atoms with Crippen LogP contribution in [0.1, 0.15) is 10.4 Å². The summed E-state index contributed by atoms with van der Waals surface area (Å²) >= 11 is 3.17. The molecule has 0 aliphatic carbocycles. The molecule has 0 saturated heterocycles. The van der Waals surface area contributed by atoms with Gasteiger partial charge in [0.2, 0.25) is 0 Å². The number of carbonyl (C=O) groups excluding carboxylic acids is 1. The molecule has 3 aromatic rings. The van der Waals surface area contributed by atoms with E-state index in [0.29, 0.717) is 15.9 Å². The highest BCUT2D eigenvalue weighted by atomic mass is 79.9. The Labute approximate surface area is 122 Å². The highest BCUT2D eigenvalue weighted by molar-refractivity contribution is 9.10. The number of benzene rings is 1. The van der Waals surface area contributed by atoms with Gasteiger partial charge in [-0.3, -0.25) is 4.79 Å². The van der Waals surface area contributed by atoms with Crippen LogP contribution in [0.25, 0.3) is 5.69 Å². The zero-order valence-electron chi connectivity index (χ0n) is 10.2. The quantitative estimate of drug-likeness (QED) is 0.800. The number of hydrogen-bond acceptors (Lipinski definition) is 4. The molecule has 0 fully saturated rings. The second kappa shape index (κ2) is 5.30. The Bertz CT molecular complexity index is 719. The number of rotatable bonds is 3. The molecular weight excluding hydrogens is 324 g/mol. The highest BCUT2D eigenvalue weighted by Crippen LogP contribution is 2.19. The maximum atomic E-state index is 12.0. The fourth-order valence-electron chi connectivity index (χ4n) is 1.68. The van der Waals surface area contributed by atoms with Gasteiger partial charge in [0.15, 0.2) is 4.67 Å². The number of anilines is 1. The van der Waals surface area contributed by atoms with E-state index in [1.807, 2.05) is 12.1 Å². The van der Waals surface area contributed by atoms with Crippen LogP contribution in [-0.4, -0.2) is 20.9 Å². The molecular formula is C13H9BrN4O2. The maximum absolute atomic E-state index is 12.0. The monoisotopic (exact) mass is 332 g/mol. The van der Waals surface area contributed by atoms with E-state index >= 15 is 0 Å². The third-order valence-corrected chi connectivity index (χ3v) is 3.25. The van der Waals surface area contributed by atoms with Crippen LogP contribution in [0.2, 0.25) is 0 Å². The molecule has 3 rings (SSSR count). The summed E-state index contributed by atoms with van der Waals surface area (Å²) < 4.78 is 5.44. The molecule has 7 heteroatoms. The standard InChI is InChI=1S/C13H9BrN4O2/c14-12-11(5-8-20-12)13(19)17-9-1-3-10(4-2-9)18-15-6-7-16-18/h1-8H,(H,17,19). The molecule has 0 spiro atoms. The summed E-state index contributed by atoms with van der Waals surface area (Å²) in [4.78, 5) is 13.5. The van der Waals surface area contributed by atoms with Crippen molar-refractivity contribution in [1.29, 1.82) is 0 Å². The topological polar surface area (TPSA) is 73.0 Å². The molecule has 0 bridgehead atoms. The van der Waals surface area contributed by atoms with E-state index in [2.05, 4.69) is 31.4 Å². The van der Waals surface area contributed by atoms with Crippen molar-refractivity contribution in [1.82, 2.24) is 15.0 Å². The Morgan fingerprint density at radius 3 is 2.45 bits per heavy atom. The van der Waals surface area contributed by atoms with E-state index < -0.39 is 0 Å². The Hall–Kier alpha value is -2.41. The molecule has 0 saturated carbocycles. The molecule has 2 aromatic heterocycles. The van der Waals surface area contributed by atoms with Gasteiger partial charge in [0.1, 0.15) is 0 Å². The van der Waals surface area contributed by atoms with Crippen LogP contribution in [0, 0.1) is 0 Å². The Kier molecular flexibility index (Phi) is 3.34. The molecule has 6 nitrogen and oxygen atoms in total. The molecule has 0 aliphatic rings. The van der Waals surface area contributed by atoms with Gasteiger partial charge < -0.3 is 9.73 Å². The first-order chi connectivity index (χ1) is 9.74. The molecule has 100 valence electrons. The molecule has 0 atom stereocenters. The second-order valence-electron chi connectivity index (χ2n) is 3.93. The zero-order valence-corrected chi connectivity index (χ0v) is 11.7. The lowest BCUT2D eigenvalue weighted by Crippen LogP contribution is -2.11. The molecule has 1 amide bonds. The van der Waals surface area contributed by atoms with Gasteiger partial charge in [-0.15, -0.1) is 0 Å². The Morgan fingerprint density at radius 2 is 1.85 bits per heavy atom. The second-order valence-corrected chi connectivity index (χ2v) is 4.65. The fourth-order valence-corrected chi connectivity index (χ4v) is 2.10. The summed E-state index contributed by atoms with van der Waals surface area (Å²) in [6, 6.07) is 8.80. The third kappa shape index (κ3) is 2.48. The van der Waals surface area contributed by atoms with Crippen molar-refractivity contribution in [2.45, 2.75) is 0 Å². The van der Waals surface area contributed by atoms with Gasteiger partial charge in [0.25, 0.3) is 5.91 Å². The number of carbonyl (C=O) groups is 1. The van der Waals surface area contributed by atoms with Gasteiger partial charge in [-0.1, -0.05) is 0 Å². The van der Waals surface area contributed by atoms with Crippen LogP contribution in [0.15, 0.2) is 58.1 Å². The predicted molar refractivity (Wildman–Crippen MR) is 75.7 cm³/mol. The normalized spacial score (nSPS) is 10.4.